The van der Waals surface area contributed by atoms with Crippen molar-refractivity contribution in [2.24, 2.45) is 0 Å². The Morgan fingerprint density at radius 3 is 1.72 bits per heavy atom. The van der Waals surface area contributed by atoms with Gasteiger partial charge in [-0.1, -0.05) is 36.4 Å². The first kappa shape index (κ1) is 12.6. The molecule has 0 aliphatic carbocycles. The van der Waals surface area contributed by atoms with E-state index in [1.165, 1.54) is 0 Å². The molecule has 5 heteroatoms. The molecule has 0 spiro atoms. The topological polar surface area (TPSA) is 74.6 Å². The highest BCUT2D eigenvalue weighted by Crippen LogP contribution is 2.22. The number of phenolic OH excluding ortho intramolecular Hbond substituents is 1. The van der Waals surface area contributed by atoms with Crippen LogP contribution in [-0.4, -0.2) is 18.1 Å². The van der Waals surface area contributed by atoms with Crippen LogP contribution in [0.25, 0.3) is 11.1 Å². The first-order chi connectivity index (χ1) is 8.44. The molecule has 2 rings (SSSR count). The van der Waals surface area contributed by atoms with Gasteiger partial charge in [0, 0.05) is 0 Å². The lowest BCUT2D eigenvalue weighted by atomic mass is 10.0. The molecule has 2 aromatic rings. The van der Waals surface area contributed by atoms with Gasteiger partial charge in [-0.2, -0.15) is 8.42 Å². The fraction of sp³-hybridized carbons (Fsp3) is 0.0769. The van der Waals surface area contributed by atoms with Crippen molar-refractivity contribution in [3.8, 4) is 16.9 Å². The highest BCUT2D eigenvalue weighted by molar-refractivity contribution is 7.85. The minimum atomic E-state index is -3.99. The van der Waals surface area contributed by atoms with Crippen LogP contribution in [0, 0.1) is 0 Å². The summed E-state index contributed by atoms with van der Waals surface area (Å²) in [6.07, 6.45) is 0. The largest absolute Gasteiger partial charge is 0.508 e. The van der Waals surface area contributed by atoms with E-state index in [0.29, 0.717) is 5.56 Å². The SMILES string of the molecule is O=S(=O)(O)Cc1ccc(-c2ccc(O)cc2)cc1. The van der Waals surface area contributed by atoms with E-state index in [1.54, 1.807) is 48.5 Å². The van der Waals surface area contributed by atoms with Crippen molar-refractivity contribution in [2.45, 2.75) is 5.75 Å². The van der Waals surface area contributed by atoms with Crippen LogP contribution in [0.15, 0.2) is 48.5 Å². The molecule has 0 saturated heterocycles. The average Bonchev–Trinajstić information content (AvgIpc) is 2.29. The molecule has 18 heavy (non-hydrogen) atoms. The van der Waals surface area contributed by atoms with Crippen molar-refractivity contribution in [1.82, 2.24) is 0 Å². The summed E-state index contributed by atoms with van der Waals surface area (Å²) in [4.78, 5) is 0. The van der Waals surface area contributed by atoms with Crippen molar-refractivity contribution in [3.05, 3.63) is 54.1 Å². The normalized spacial score (nSPS) is 11.4. The van der Waals surface area contributed by atoms with Crippen LogP contribution in [0.3, 0.4) is 0 Å². The maximum Gasteiger partial charge on any atom is 0.269 e. The molecule has 0 unspecified atom stereocenters. The Morgan fingerprint density at radius 1 is 0.833 bits per heavy atom. The quantitative estimate of drug-likeness (QED) is 0.835. The van der Waals surface area contributed by atoms with Crippen LogP contribution in [0.4, 0.5) is 0 Å². The molecule has 0 bridgehead atoms. The van der Waals surface area contributed by atoms with Gasteiger partial charge in [0.1, 0.15) is 11.5 Å². The van der Waals surface area contributed by atoms with Crippen LogP contribution in [0.1, 0.15) is 5.56 Å². The Bertz CT molecular complexity index is 628. The van der Waals surface area contributed by atoms with E-state index in [9.17, 15) is 13.5 Å². The molecule has 0 aromatic heterocycles. The van der Waals surface area contributed by atoms with E-state index in [2.05, 4.69) is 0 Å². The Hall–Kier alpha value is -1.85. The molecule has 2 aromatic carbocycles. The van der Waals surface area contributed by atoms with Crippen LogP contribution >= 0.6 is 0 Å². The van der Waals surface area contributed by atoms with Gasteiger partial charge in [0.2, 0.25) is 0 Å². The van der Waals surface area contributed by atoms with Gasteiger partial charge >= 0.3 is 0 Å². The predicted octanol–water partition coefficient (Wildman–Crippen LogP) is 2.45. The van der Waals surface area contributed by atoms with Gasteiger partial charge in [-0.25, -0.2) is 0 Å². The van der Waals surface area contributed by atoms with Gasteiger partial charge in [-0.05, 0) is 28.8 Å². The van der Waals surface area contributed by atoms with Crippen LogP contribution < -0.4 is 0 Å². The van der Waals surface area contributed by atoms with Crippen molar-refractivity contribution in [2.75, 3.05) is 0 Å². The highest BCUT2D eigenvalue weighted by atomic mass is 32.2. The molecule has 2 N–H and O–H groups in total. The molecule has 4 nitrogen and oxygen atoms in total. The fourth-order valence-electron chi connectivity index (χ4n) is 1.66. The third kappa shape index (κ3) is 3.32. The second kappa shape index (κ2) is 4.80. The zero-order valence-electron chi connectivity index (χ0n) is 9.45. The molecule has 0 heterocycles. The predicted molar refractivity (Wildman–Crippen MR) is 68.8 cm³/mol. The molecular formula is C13H12O4S. The smallest absolute Gasteiger partial charge is 0.269 e. The molecule has 0 aliphatic rings. The second-order valence-electron chi connectivity index (χ2n) is 3.97. The molecule has 0 saturated carbocycles. The van der Waals surface area contributed by atoms with Gasteiger partial charge in [0.05, 0.1) is 0 Å². The zero-order valence-corrected chi connectivity index (χ0v) is 10.3. The minimum Gasteiger partial charge on any atom is -0.508 e. The minimum absolute atomic E-state index is 0.196. The Morgan fingerprint density at radius 2 is 1.28 bits per heavy atom. The molecule has 0 amide bonds. The fourth-order valence-corrected chi connectivity index (χ4v) is 2.27. The number of phenols is 1. The van der Waals surface area contributed by atoms with E-state index in [1.807, 2.05) is 0 Å². The molecule has 94 valence electrons. The van der Waals surface area contributed by atoms with Crippen LogP contribution in [-0.2, 0) is 15.9 Å². The van der Waals surface area contributed by atoms with E-state index in [0.717, 1.165) is 11.1 Å². The van der Waals surface area contributed by atoms with Crippen LogP contribution in [0.5, 0.6) is 5.75 Å². The molecule has 0 atom stereocenters. The summed E-state index contributed by atoms with van der Waals surface area (Å²) in [7, 11) is -3.99. The molecule has 0 fully saturated rings. The van der Waals surface area contributed by atoms with Crippen molar-refractivity contribution >= 4 is 10.1 Å². The van der Waals surface area contributed by atoms with Gasteiger partial charge in [0.15, 0.2) is 0 Å². The Kier molecular flexibility index (Phi) is 3.36. The molecule has 0 aliphatic heterocycles. The summed E-state index contributed by atoms with van der Waals surface area (Å²) in [6.45, 7) is 0. The van der Waals surface area contributed by atoms with E-state index < -0.39 is 10.1 Å². The summed E-state index contributed by atoms with van der Waals surface area (Å²) in [5.74, 6) is -0.190. The number of hydrogen-bond acceptors (Lipinski definition) is 3. The lowest BCUT2D eigenvalue weighted by Crippen LogP contribution is -2.01. The van der Waals surface area contributed by atoms with Gasteiger partial charge in [0.25, 0.3) is 10.1 Å². The van der Waals surface area contributed by atoms with Gasteiger partial charge < -0.3 is 5.11 Å². The summed E-state index contributed by atoms with van der Waals surface area (Å²) in [5.41, 5.74) is 2.36. The monoisotopic (exact) mass is 264 g/mol. The standard InChI is InChI=1S/C13H12O4S/c14-13-7-5-12(6-8-13)11-3-1-10(2-4-11)9-18(15,16)17/h1-8,14H,9H2,(H,15,16,17). The average molecular weight is 264 g/mol. The maximum absolute atomic E-state index is 10.7. The first-order valence-corrected chi connectivity index (χ1v) is 6.88. The third-order valence-corrected chi connectivity index (χ3v) is 3.20. The lowest BCUT2D eigenvalue weighted by molar-refractivity contribution is 0.475. The van der Waals surface area contributed by atoms with E-state index >= 15 is 0 Å². The van der Waals surface area contributed by atoms with E-state index in [4.69, 9.17) is 4.55 Å². The molecular weight excluding hydrogens is 252 g/mol. The number of benzene rings is 2. The Labute approximate surface area is 105 Å². The number of rotatable bonds is 3. The summed E-state index contributed by atoms with van der Waals surface area (Å²) >= 11 is 0. The molecule has 0 radical (unpaired) electrons. The van der Waals surface area contributed by atoms with Crippen molar-refractivity contribution < 1.29 is 18.1 Å². The lowest BCUT2D eigenvalue weighted by Gasteiger charge is -2.03. The van der Waals surface area contributed by atoms with Crippen LogP contribution in [0.2, 0.25) is 0 Å². The zero-order chi connectivity index (χ0) is 13.2. The third-order valence-electron chi connectivity index (χ3n) is 2.50. The number of aromatic hydroxyl groups is 1. The first-order valence-electron chi connectivity index (χ1n) is 5.27. The Balaban J connectivity index is 2.25. The summed E-state index contributed by atoms with van der Waals surface area (Å²) in [6, 6.07) is 13.6. The highest BCUT2D eigenvalue weighted by Gasteiger charge is 2.06. The van der Waals surface area contributed by atoms with E-state index in [-0.39, 0.29) is 11.5 Å². The second-order valence-corrected chi connectivity index (χ2v) is 5.42. The maximum atomic E-state index is 10.7. The number of hydrogen-bond donors (Lipinski definition) is 2. The van der Waals surface area contributed by atoms with Crippen molar-refractivity contribution in [1.29, 1.82) is 0 Å². The van der Waals surface area contributed by atoms with Gasteiger partial charge in [-0.15, -0.1) is 0 Å². The van der Waals surface area contributed by atoms with Gasteiger partial charge in [-0.3, -0.25) is 4.55 Å². The van der Waals surface area contributed by atoms with Crippen molar-refractivity contribution in [3.63, 3.8) is 0 Å². The summed E-state index contributed by atoms with van der Waals surface area (Å²) < 4.78 is 30.2. The summed E-state index contributed by atoms with van der Waals surface area (Å²) in [5, 5.41) is 9.18.